The number of anilines is 2. The Morgan fingerprint density at radius 1 is 1.00 bits per heavy atom. The molecule has 1 aromatic carbocycles. The number of nitrogens with zero attached hydrogens (tertiary/aromatic N) is 2. The van der Waals surface area contributed by atoms with Crippen molar-refractivity contribution in [3.05, 3.63) is 23.8 Å². The van der Waals surface area contributed by atoms with E-state index < -0.39 is 0 Å². The Balaban J connectivity index is 1.98. The highest BCUT2D eigenvalue weighted by Crippen LogP contribution is 2.16. The second-order valence-electron chi connectivity index (χ2n) is 4.59. The molecule has 0 unspecified atom stereocenters. The first kappa shape index (κ1) is 11.2. The Hall–Kier alpha value is -1.26. The van der Waals surface area contributed by atoms with Gasteiger partial charge in [0, 0.05) is 44.1 Å². The average Bonchev–Trinajstić information content (AvgIpc) is 2.20. The van der Waals surface area contributed by atoms with Crippen LogP contribution in [-0.2, 0) is 6.54 Å². The second kappa shape index (κ2) is 4.72. The van der Waals surface area contributed by atoms with Gasteiger partial charge in [0.25, 0.3) is 0 Å². The fourth-order valence-electron chi connectivity index (χ4n) is 2.10. The van der Waals surface area contributed by atoms with Crippen LogP contribution in [0.4, 0.5) is 11.4 Å². The first-order chi connectivity index (χ1) is 7.63. The van der Waals surface area contributed by atoms with Crippen molar-refractivity contribution < 1.29 is 0 Å². The fraction of sp³-hybridized carbons (Fsp3) is 0.500. The van der Waals surface area contributed by atoms with E-state index in [1.807, 2.05) is 12.1 Å². The minimum Gasteiger partial charge on any atom is -0.399 e. The molecule has 0 atom stereocenters. The molecule has 4 nitrogen and oxygen atoms in total. The van der Waals surface area contributed by atoms with E-state index in [0.717, 1.165) is 44.1 Å². The van der Waals surface area contributed by atoms with Crippen molar-refractivity contribution in [3.63, 3.8) is 0 Å². The Kier molecular flexibility index (Phi) is 3.31. The molecule has 0 amide bonds. The standard InChI is InChI=1S/C12H20N4/c1-15-2-4-16(5-3-15)9-10-6-11(13)8-12(14)7-10/h6-8H,2-5,9,13-14H2,1H3. The van der Waals surface area contributed by atoms with E-state index in [2.05, 4.69) is 16.8 Å². The normalized spacial score (nSPS) is 18.8. The van der Waals surface area contributed by atoms with Crippen molar-refractivity contribution in [2.75, 3.05) is 44.7 Å². The van der Waals surface area contributed by atoms with Gasteiger partial charge in [-0.2, -0.15) is 0 Å². The third kappa shape index (κ3) is 2.87. The molecule has 0 radical (unpaired) electrons. The van der Waals surface area contributed by atoms with Gasteiger partial charge in [-0.3, -0.25) is 4.90 Å². The van der Waals surface area contributed by atoms with E-state index in [4.69, 9.17) is 11.5 Å². The highest BCUT2D eigenvalue weighted by atomic mass is 15.2. The van der Waals surface area contributed by atoms with Crippen LogP contribution in [0.3, 0.4) is 0 Å². The van der Waals surface area contributed by atoms with Crippen molar-refractivity contribution in [1.82, 2.24) is 9.80 Å². The number of hydrogen-bond acceptors (Lipinski definition) is 4. The molecule has 16 heavy (non-hydrogen) atoms. The summed E-state index contributed by atoms with van der Waals surface area (Å²) in [7, 11) is 2.16. The quantitative estimate of drug-likeness (QED) is 0.717. The molecule has 88 valence electrons. The Labute approximate surface area is 96.8 Å². The molecule has 0 bridgehead atoms. The van der Waals surface area contributed by atoms with Gasteiger partial charge in [0.15, 0.2) is 0 Å². The molecular weight excluding hydrogens is 200 g/mol. The van der Waals surface area contributed by atoms with Gasteiger partial charge >= 0.3 is 0 Å². The van der Waals surface area contributed by atoms with Crippen LogP contribution in [0.2, 0.25) is 0 Å². The summed E-state index contributed by atoms with van der Waals surface area (Å²) in [6.45, 7) is 5.45. The van der Waals surface area contributed by atoms with E-state index in [1.165, 1.54) is 5.56 Å². The van der Waals surface area contributed by atoms with E-state index in [-0.39, 0.29) is 0 Å². The summed E-state index contributed by atoms with van der Waals surface area (Å²) in [5.41, 5.74) is 14.3. The smallest absolute Gasteiger partial charge is 0.0337 e. The minimum absolute atomic E-state index is 0.754. The number of benzene rings is 1. The molecule has 1 aliphatic rings. The third-order valence-corrected chi connectivity index (χ3v) is 3.04. The van der Waals surface area contributed by atoms with Crippen molar-refractivity contribution in [3.8, 4) is 0 Å². The second-order valence-corrected chi connectivity index (χ2v) is 4.59. The molecule has 4 N–H and O–H groups in total. The third-order valence-electron chi connectivity index (χ3n) is 3.04. The van der Waals surface area contributed by atoms with Crippen LogP contribution < -0.4 is 11.5 Å². The molecule has 1 fully saturated rings. The van der Waals surface area contributed by atoms with E-state index in [1.54, 1.807) is 6.07 Å². The number of rotatable bonds is 2. The van der Waals surface area contributed by atoms with Crippen molar-refractivity contribution >= 4 is 11.4 Å². The van der Waals surface area contributed by atoms with Gasteiger partial charge in [-0.25, -0.2) is 0 Å². The maximum absolute atomic E-state index is 5.78. The van der Waals surface area contributed by atoms with Gasteiger partial charge in [-0.15, -0.1) is 0 Å². The van der Waals surface area contributed by atoms with Crippen LogP contribution in [0, 0.1) is 0 Å². The molecule has 1 aromatic rings. The molecule has 1 heterocycles. The first-order valence-corrected chi connectivity index (χ1v) is 5.69. The highest BCUT2D eigenvalue weighted by Gasteiger charge is 2.13. The molecule has 0 saturated carbocycles. The lowest BCUT2D eigenvalue weighted by Gasteiger charge is -2.32. The topological polar surface area (TPSA) is 58.5 Å². The monoisotopic (exact) mass is 220 g/mol. The van der Waals surface area contributed by atoms with Crippen LogP contribution in [0.1, 0.15) is 5.56 Å². The van der Waals surface area contributed by atoms with Crippen LogP contribution >= 0.6 is 0 Å². The first-order valence-electron chi connectivity index (χ1n) is 5.69. The van der Waals surface area contributed by atoms with Crippen LogP contribution in [0.5, 0.6) is 0 Å². The van der Waals surface area contributed by atoms with Crippen LogP contribution in [0.15, 0.2) is 18.2 Å². The minimum atomic E-state index is 0.754. The number of nitrogen functional groups attached to an aromatic ring is 2. The number of piperazine rings is 1. The van der Waals surface area contributed by atoms with E-state index in [9.17, 15) is 0 Å². The number of hydrogen-bond donors (Lipinski definition) is 2. The van der Waals surface area contributed by atoms with Gasteiger partial charge in [0.1, 0.15) is 0 Å². The lowest BCUT2D eigenvalue weighted by Crippen LogP contribution is -2.43. The molecule has 1 saturated heterocycles. The summed E-state index contributed by atoms with van der Waals surface area (Å²) in [5.74, 6) is 0. The Morgan fingerprint density at radius 3 is 2.12 bits per heavy atom. The van der Waals surface area contributed by atoms with Crippen molar-refractivity contribution in [2.24, 2.45) is 0 Å². The highest BCUT2D eigenvalue weighted by molar-refractivity contribution is 5.54. The van der Waals surface area contributed by atoms with E-state index >= 15 is 0 Å². The van der Waals surface area contributed by atoms with Gasteiger partial charge in [0.2, 0.25) is 0 Å². The molecular formula is C12H20N4. The van der Waals surface area contributed by atoms with Gasteiger partial charge in [0.05, 0.1) is 0 Å². The number of nitrogens with two attached hydrogens (primary N) is 2. The lowest BCUT2D eigenvalue weighted by atomic mass is 10.1. The number of likely N-dealkylation sites (N-methyl/N-ethyl adjacent to an activating group) is 1. The summed E-state index contributed by atoms with van der Waals surface area (Å²) < 4.78 is 0. The summed E-state index contributed by atoms with van der Waals surface area (Å²) in [6.07, 6.45) is 0. The largest absolute Gasteiger partial charge is 0.399 e. The van der Waals surface area contributed by atoms with Crippen molar-refractivity contribution in [2.45, 2.75) is 6.54 Å². The van der Waals surface area contributed by atoms with Gasteiger partial charge < -0.3 is 16.4 Å². The molecule has 0 aromatic heterocycles. The Morgan fingerprint density at radius 2 is 1.56 bits per heavy atom. The molecule has 0 aliphatic carbocycles. The zero-order chi connectivity index (χ0) is 11.5. The van der Waals surface area contributed by atoms with Crippen molar-refractivity contribution in [1.29, 1.82) is 0 Å². The Bertz CT molecular complexity index is 336. The van der Waals surface area contributed by atoms with E-state index in [0.29, 0.717) is 0 Å². The predicted molar refractivity (Wildman–Crippen MR) is 68.0 cm³/mol. The summed E-state index contributed by atoms with van der Waals surface area (Å²) in [6, 6.07) is 5.82. The average molecular weight is 220 g/mol. The fourth-order valence-corrected chi connectivity index (χ4v) is 2.10. The SMILES string of the molecule is CN1CCN(Cc2cc(N)cc(N)c2)CC1. The summed E-state index contributed by atoms with van der Waals surface area (Å²) in [5, 5.41) is 0. The summed E-state index contributed by atoms with van der Waals surface area (Å²) in [4.78, 5) is 4.79. The zero-order valence-electron chi connectivity index (χ0n) is 9.82. The molecule has 1 aliphatic heterocycles. The maximum atomic E-state index is 5.78. The molecule has 4 heteroatoms. The van der Waals surface area contributed by atoms with Gasteiger partial charge in [-0.1, -0.05) is 0 Å². The maximum Gasteiger partial charge on any atom is 0.0337 e. The zero-order valence-corrected chi connectivity index (χ0v) is 9.82. The summed E-state index contributed by atoms with van der Waals surface area (Å²) >= 11 is 0. The van der Waals surface area contributed by atoms with Crippen LogP contribution in [-0.4, -0.2) is 43.0 Å². The van der Waals surface area contributed by atoms with Gasteiger partial charge in [-0.05, 0) is 30.8 Å². The molecule has 2 rings (SSSR count). The molecule has 0 spiro atoms. The van der Waals surface area contributed by atoms with Crippen LogP contribution in [0.25, 0.3) is 0 Å². The lowest BCUT2D eigenvalue weighted by molar-refractivity contribution is 0.148. The predicted octanol–water partition coefficient (Wildman–Crippen LogP) is 0.598.